The van der Waals surface area contributed by atoms with Crippen LogP contribution in [0.5, 0.6) is 5.75 Å². The molecular weight excluding hydrogens is 348 g/mol. The summed E-state index contributed by atoms with van der Waals surface area (Å²) in [5, 5.41) is 14.7. The smallest absolute Gasteiger partial charge is 0.162 e. The molecule has 0 unspecified atom stereocenters. The highest BCUT2D eigenvalue weighted by atomic mass is 16.3. The molecule has 1 aliphatic carbocycles. The van der Waals surface area contributed by atoms with Gasteiger partial charge in [0.2, 0.25) is 0 Å². The van der Waals surface area contributed by atoms with Gasteiger partial charge in [-0.3, -0.25) is 9.78 Å². The van der Waals surface area contributed by atoms with Crippen molar-refractivity contribution in [2.45, 2.75) is 32.6 Å². The van der Waals surface area contributed by atoms with Crippen molar-refractivity contribution >= 4 is 22.4 Å². The summed E-state index contributed by atoms with van der Waals surface area (Å²) in [6, 6.07) is 15.3. The topological polar surface area (TPSA) is 62.2 Å². The first-order valence-corrected chi connectivity index (χ1v) is 9.63. The quantitative estimate of drug-likeness (QED) is 0.622. The number of Topliss-reactive ketones (excluding diaryl/α,β-unsaturated/α-hetero) is 1. The Morgan fingerprint density at radius 3 is 2.79 bits per heavy atom. The number of allylic oxidation sites excluding steroid dienone is 2. The monoisotopic (exact) mass is 370 g/mol. The highest BCUT2D eigenvalue weighted by Gasteiger charge is 2.41. The van der Waals surface area contributed by atoms with Crippen molar-refractivity contribution in [3.8, 4) is 5.75 Å². The van der Waals surface area contributed by atoms with Gasteiger partial charge in [0.1, 0.15) is 5.75 Å². The Balaban J connectivity index is 1.80. The van der Waals surface area contributed by atoms with Crippen molar-refractivity contribution in [1.82, 2.24) is 4.98 Å². The second kappa shape index (κ2) is 5.93. The van der Waals surface area contributed by atoms with Gasteiger partial charge in [0.05, 0.1) is 11.2 Å². The number of nitrogens with one attached hydrogen (secondary N) is 1. The minimum atomic E-state index is -0.188. The van der Waals surface area contributed by atoms with Crippen LogP contribution >= 0.6 is 0 Å². The van der Waals surface area contributed by atoms with E-state index in [4.69, 9.17) is 0 Å². The van der Waals surface area contributed by atoms with Gasteiger partial charge in [0.25, 0.3) is 0 Å². The number of phenols is 1. The summed E-state index contributed by atoms with van der Waals surface area (Å²) < 4.78 is 0. The third kappa shape index (κ3) is 2.60. The molecule has 3 aromatic rings. The van der Waals surface area contributed by atoms with Crippen molar-refractivity contribution in [3.05, 3.63) is 77.1 Å². The summed E-state index contributed by atoms with van der Waals surface area (Å²) in [5.74, 6) is 0.210. The fourth-order valence-electron chi connectivity index (χ4n) is 4.69. The number of phenolic OH excluding ortho intramolecular Hbond substituents is 1. The van der Waals surface area contributed by atoms with Crippen LogP contribution in [-0.4, -0.2) is 15.9 Å². The number of anilines is 1. The molecule has 0 saturated heterocycles. The predicted octanol–water partition coefficient (Wildman–Crippen LogP) is 5.14. The van der Waals surface area contributed by atoms with E-state index >= 15 is 0 Å². The molecule has 2 heterocycles. The first-order chi connectivity index (χ1) is 13.4. The number of carbonyl (C=O) groups is 1. The van der Waals surface area contributed by atoms with Crippen molar-refractivity contribution < 1.29 is 9.90 Å². The second-order valence-corrected chi connectivity index (χ2v) is 8.59. The molecule has 4 heteroatoms. The third-order valence-electron chi connectivity index (χ3n) is 5.82. The van der Waals surface area contributed by atoms with Gasteiger partial charge in [-0.05, 0) is 53.3 Å². The number of aromatic hydroxyl groups is 1. The van der Waals surface area contributed by atoms with Gasteiger partial charge < -0.3 is 10.4 Å². The Morgan fingerprint density at radius 1 is 1.11 bits per heavy atom. The maximum Gasteiger partial charge on any atom is 0.162 e. The van der Waals surface area contributed by atoms with Crippen LogP contribution in [-0.2, 0) is 4.79 Å². The molecule has 0 saturated carbocycles. The zero-order valence-corrected chi connectivity index (χ0v) is 16.0. The summed E-state index contributed by atoms with van der Waals surface area (Å²) in [6.45, 7) is 4.28. The van der Waals surface area contributed by atoms with Crippen molar-refractivity contribution in [2.24, 2.45) is 5.41 Å². The molecule has 2 aliphatic rings. The number of rotatable bonds is 1. The fraction of sp³-hybridized carbons (Fsp3) is 0.250. The normalized spacial score (nSPS) is 20.5. The predicted molar refractivity (Wildman–Crippen MR) is 110 cm³/mol. The number of pyridine rings is 1. The number of hydrogen-bond acceptors (Lipinski definition) is 4. The van der Waals surface area contributed by atoms with Gasteiger partial charge in [-0.15, -0.1) is 0 Å². The number of benzene rings is 2. The fourth-order valence-corrected chi connectivity index (χ4v) is 4.69. The highest BCUT2D eigenvalue weighted by Crippen LogP contribution is 2.50. The van der Waals surface area contributed by atoms with E-state index in [0.29, 0.717) is 6.42 Å². The van der Waals surface area contributed by atoms with E-state index in [1.165, 1.54) is 0 Å². The van der Waals surface area contributed by atoms with Crippen LogP contribution in [0.1, 0.15) is 43.7 Å². The lowest BCUT2D eigenvalue weighted by Crippen LogP contribution is -2.33. The van der Waals surface area contributed by atoms with E-state index in [1.807, 2.05) is 24.3 Å². The molecule has 1 aliphatic heterocycles. The van der Waals surface area contributed by atoms with Gasteiger partial charge in [-0.25, -0.2) is 0 Å². The van der Waals surface area contributed by atoms with Crippen LogP contribution in [0.25, 0.3) is 10.9 Å². The Morgan fingerprint density at radius 2 is 1.96 bits per heavy atom. The number of nitrogens with zero attached hydrogens (tertiary/aromatic N) is 1. The Labute approximate surface area is 163 Å². The average molecular weight is 370 g/mol. The minimum absolute atomic E-state index is 0.0768. The molecule has 0 spiro atoms. The molecule has 1 atom stereocenters. The molecule has 4 nitrogen and oxygen atoms in total. The van der Waals surface area contributed by atoms with Crippen LogP contribution in [0.15, 0.2) is 66.0 Å². The van der Waals surface area contributed by atoms with Crippen LogP contribution in [0.2, 0.25) is 0 Å². The van der Waals surface area contributed by atoms with Crippen molar-refractivity contribution in [2.75, 3.05) is 5.32 Å². The molecule has 140 valence electrons. The standard InChI is InChI=1S/C24H22N2O2/c1-24(2)12-19-22(20(28)13-24)21(14-5-3-6-15(27)11-14)17-8-9-18-16(23(17)26-19)7-4-10-25-18/h3-11,21,26-27H,12-13H2,1-2H3/t21-/m1/s1. The maximum atomic E-state index is 13.2. The molecule has 0 radical (unpaired) electrons. The van der Waals surface area contributed by atoms with Gasteiger partial charge in [0.15, 0.2) is 5.78 Å². The Kier molecular flexibility index (Phi) is 3.60. The zero-order chi connectivity index (χ0) is 19.5. The summed E-state index contributed by atoms with van der Waals surface area (Å²) in [4.78, 5) is 17.7. The van der Waals surface area contributed by atoms with Crippen molar-refractivity contribution in [1.29, 1.82) is 0 Å². The first kappa shape index (κ1) is 17.0. The van der Waals surface area contributed by atoms with E-state index in [0.717, 1.165) is 45.4 Å². The zero-order valence-electron chi connectivity index (χ0n) is 16.0. The van der Waals surface area contributed by atoms with E-state index in [-0.39, 0.29) is 22.9 Å². The summed E-state index contributed by atoms with van der Waals surface area (Å²) >= 11 is 0. The van der Waals surface area contributed by atoms with Gasteiger partial charge in [-0.2, -0.15) is 0 Å². The number of carbonyl (C=O) groups excluding carboxylic acids is 1. The summed E-state index contributed by atoms with van der Waals surface area (Å²) in [6.07, 6.45) is 3.15. The molecule has 0 fully saturated rings. The molecule has 2 aromatic carbocycles. The first-order valence-electron chi connectivity index (χ1n) is 9.63. The van der Waals surface area contributed by atoms with E-state index in [2.05, 4.69) is 36.3 Å². The number of fused-ring (bicyclic) bond motifs is 3. The van der Waals surface area contributed by atoms with E-state index < -0.39 is 0 Å². The average Bonchev–Trinajstić information content (AvgIpc) is 2.65. The SMILES string of the molecule is CC1(C)CC(=O)C2=C(C1)Nc1c(ccc3ncccc13)[C@H]2c1cccc(O)c1. The largest absolute Gasteiger partial charge is 0.508 e. The van der Waals surface area contributed by atoms with Gasteiger partial charge in [-0.1, -0.05) is 32.0 Å². The van der Waals surface area contributed by atoms with Gasteiger partial charge in [0, 0.05) is 35.2 Å². The van der Waals surface area contributed by atoms with Crippen LogP contribution in [0.3, 0.4) is 0 Å². The summed E-state index contributed by atoms with van der Waals surface area (Å²) in [5.41, 5.74) is 5.69. The summed E-state index contributed by atoms with van der Waals surface area (Å²) in [7, 11) is 0. The molecule has 0 amide bonds. The molecule has 1 aromatic heterocycles. The number of hydrogen-bond donors (Lipinski definition) is 2. The second-order valence-electron chi connectivity index (χ2n) is 8.59. The van der Waals surface area contributed by atoms with Crippen LogP contribution in [0.4, 0.5) is 5.69 Å². The third-order valence-corrected chi connectivity index (χ3v) is 5.82. The minimum Gasteiger partial charge on any atom is -0.508 e. The molecule has 2 N–H and O–H groups in total. The Bertz CT molecular complexity index is 1160. The van der Waals surface area contributed by atoms with Crippen LogP contribution in [0, 0.1) is 5.41 Å². The van der Waals surface area contributed by atoms with Crippen LogP contribution < -0.4 is 5.32 Å². The lowest BCUT2D eigenvalue weighted by molar-refractivity contribution is -0.118. The maximum absolute atomic E-state index is 13.2. The Hall–Kier alpha value is -3.14. The molecular formula is C24H22N2O2. The van der Waals surface area contributed by atoms with E-state index in [9.17, 15) is 9.90 Å². The van der Waals surface area contributed by atoms with Crippen molar-refractivity contribution in [3.63, 3.8) is 0 Å². The van der Waals surface area contributed by atoms with E-state index in [1.54, 1.807) is 18.3 Å². The van der Waals surface area contributed by atoms with Gasteiger partial charge >= 0.3 is 0 Å². The number of aromatic nitrogens is 1. The molecule has 5 rings (SSSR count). The number of ketones is 1. The lowest BCUT2D eigenvalue weighted by Gasteiger charge is -2.39. The molecule has 28 heavy (non-hydrogen) atoms. The lowest BCUT2D eigenvalue weighted by atomic mass is 9.68. The molecule has 0 bridgehead atoms. The highest BCUT2D eigenvalue weighted by molar-refractivity contribution is 6.04.